The second-order valence-electron chi connectivity index (χ2n) is 7.81. The van der Waals surface area contributed by atoms with Crippen molar-refractivity contribution >= 4 is 29.8 Å². The number of nitrogens with two attached hydrogens (primary N) is 1. The molecule has 0 radical (unpaired) electrons. The molecule has 1 heterocycles. The van der Waals surface area contributed by atoms with Crippen LogP contribution in [0.25, 0.3) is 17.6 Å². The van der Waals surface area contributed by atoms with Gasteiger partial charge in [0.1, 0.15) is 12.6 Å². The summed E-state index contributed by atoms with van der Waals surface area (Å²) in [4.78, 5) is 36.6. The van der Waals surface area contributed by atoms with Crippen molar-refractivity contribution in [3.63, 3.8) is 0 Å². The molecule has 0 aliphatic heterocycles. The summed E-state index contributed by atoms with van der Waals surface area (Å²) in [5.41, 5.74) is 2.42. The topological polar surface area (TPSA) is 121 Å². The molecule has 0 bridgehead atoms. The van der Waals surface area contributed by atoms with Gasteiger partial charge in [-0.15, -0.1) is 5.10 Å². The SMILES string of the molecule is NC(=O)OC(CNC(=O)Cn1nc(-c2ccc(Cl)cc2)n(/C=C/C(F)(F)F)c1=O)c1ccccc1C(F)(F)F. The largest absolute Gasteiger partial charge is 0.440 e. The normalized spacial score (nSPS) is 12.9. The lowest BCUT2D eigenvalue weighted by Gasteiger charge is -2.21. The van der Waals surface area contributed by atoms with Gasteiger partial charge in [-0.1, -0.05) is 29.8 Å². The molecule has 39 heavy (non-hydrogen) atoms. The predicted octanol–water partition coefficient (Wildman–Crippen LogP) is 4.37. The second-order valence-corrected chi connectivity index (χ2v) is 8.25. The highest BCUT2D eigenvalue weighted by atomic mass is 35.5. The second kappa shape index (κ2) is 11.6. The Balaban J connectivity index is 1.87. The molecule has 208 valence electrons. The van der Waals surface area contributed by atoms with Crippen LogP contribution in [0.3, 0.4) is 0 Å². The molecule has 1 atom stereocenters. The van der Waals surface area contributed by atoms with Crippen molar-refractivity contribution in [2.75, 3.05) is 6.54 Å². The lowest BCUT2D eigenvalue weighted by molar-refractivity contribution is -0.139. The van der Waals surface area contributed by atoms with E-state index in [4.69, 9.17) is 22.1 Å². The smallest absolute Gasteiger partial charge is 0.416 e. The number of hydrogen-bond acceptors (Lipinski definition) is 5. The number of primary amides is 1. The number of allylic oxidation sites excluding steroid dienone is 1. The summed E-state index contributed by atoms with van der Waals surface area (Å²) in [7, 11) is 0. The molecular formula is C23H18ClF6N5O4. The van der Waals surface area contributed by atoms with Crippen molar-refractivity contribution in [1.82, 2.24) is 19.7 Å². The summed E-state index contributed by atoms with van der Waals surface area (Å²) in [6, 6.07) is 9.72. The van der Waals surface area contributed by atoms with Gasteiger partial charge in [-0.3, -0.25) is 4.79 Å². The summed E-state index contributed by atoms with van der Waals surface area (Å²) in [6.07, 6.45) is -12.4. The zero-order chi connectivity index (χ0) is 29.0. The molecule has 1 aromatic heterocycles. The van der Waals surface area contributed by atoms with Gasteiger partial charge in [0.25, 0.3) is 0 Å². The molecule has 0 saturated heterocycles. The number of rotatable bonds is 8. The standard InChI is InChI=1S/C23H18ClF6N5O4/c24-14-7-5-13(6-8-14)19-33-35(21(38)34(19)10-9-22(25,26)27)12-18(36)32-11-17(39-20(31)37)15-3-1-2-4-16(15)23(28,29)30/h1-10,17H,11-12H2,(H2,31,37)(H,32,36)/b10-9+. The summed E-state index contributed by atoms with van der Waals surface area (Å²) in [5.74, 6) is -1.23. The van der Waals surface area contributed by atoms with E-state index in [2.05, 4.69) is 10.4 Å². The maximum absolute atomic E-state index is 13.4. The molecule has 0 spiro atoms. The Kier molecular flexibility index (Phi) is 8.74. The molecule has 2 amide bonds. The van der Waals surface area contributed by atoms with E-state index >= 15 is 0 Å². The Labute approximate surface area is 220 Å². The first kappa shape index (κ1) is 29.3. The molecule has 0 aliphatic carbocycles. The number of ether oxygens (including phenoxy) is 1. The van der Waals surface area contributed by atoms with Crippen LogP contribution in [0.1, 0.15) is 17.2 Å². The number of halogens is 7. The van der Waals surface area contributed by atoms with Crippen LogP contribution in [-0.4, -0.2) is 39.1 Å². The maximum Gasteiger partial charge on any atom is 0.416 e. The average molecular weight is 578 g/mol. The monoisotopic (exact) mass is 577 g/mol. The number of nitrogens with one attached hydrogen (secondary N) is 1. The Morgan fingerprint density at radius 1 is 1.08 bits per heavy atom. The molecule has 2 aromatic carbocycles. The lowest BCUT2D eigenvalue weighted by atomic mass is 10.0. The number of carbonyl (C=O) groups excluding carboxylic acids is 2. The Hall–Kier alpha value is -4.27. The Bertz CT molecular complexity index is 1430. The van der Waals surface area contributed by atoms with Crippen molar-refractivity contribution in [2.45, 2.75) is 25.0 Å². The molecule has 0 saturated carbocycles. The lowest BCUT2D eigenvalue weighted by Crippen LogP contribution is -2.37. The molecule has 3 N–H and O–H groups in total. The highest BCUT2D eigenvalue weighted by molar-refractivity contribution is 6.30. The molecule has 0 fully saturated rings. The number of alkyl halides is 6. The van der Waals surface area contributed by atoms with Crippen molar-refractivity contribution in [3.05, 3.63) is 81.2 Å². The molecule has 3 rings (SSSR count). The van der Waals surface area contributed by atoms with E-state index in [1.807, 2.05) is 0 Å². The number of nitrogens with zero attached hydrogens (tertiary/aromatic N) is 3. The molecular weight excluding hydrogens is 560 g/mol. The molecule has 9 nitrogen and oxygen atoms in total. The van der Waals surface area contributed by atoms with Crippen LogP contribution < -0.4 is 16.7 Å². The van der Waals surface area contributed by atoms with Crippen LogP contribution in [0.15, 0.2) is 59.4 Å². The summed E-state index contributed by atoms with van der Waals surface area (Å²) < 4.78 is 84.4. The molecule has 16 heteroatoms. The Morgan fingerprint density at radius 3 is 2.31 bits per heavy atom. The van der Waals surface area contributed by atoms with Gasteiger partial charge in [-0.2, -0.15) is 26.3 Å². The summed E-state index contributed by atoms with van der Waals surface area (Å²) in [6.45, 7) is -1.52. The summed E-state index contributed by atoms with van der Waals surface area (Å²) in [5, 5.41) is 6.43. The predicted molar refractivity (Wildman–Crippen MR) is 126 cm³/mol. The van der Waals surface area contributed by atoms with Crippen molar-refractivity contribution in [3.8, 4) is 11.4 Å². The first-order valence-corrected chi connectivity index (χ1v) is 11.1. The summed E-state index contributed by atoms with van der Waals surface area (Å²) >= 11 is 5.82. The van der Waals surface area contributed by atoms with Crippen LogP contribution in [0, 0.1) is 0 Å². The molecule has 1 unspecified atom stereocenters. The van der Waals surface area contributed by atoms with Gasteiger partial charge in [0.2, 0.25) is 5.91 Å². The third kappa shape index (κ3) is 7.86. The highest BCUT2D eigenvalue weighted by Gasteiger charge is 2.36. The number of aromatic nitrogens is 3. The minimum Gasteiger partial charge on any atom is -0.440 e. The minimum atomic E-state index is -4.82. The van der Waals surface area contributed by atoms with Crippen LogP contribution in [0.2, 0.25) is 5.02 Å². The van der Waals surface area contributed by atoms with E-state index in [1.54, 1.807) is 0 Å². The van der Waals surface area contributed by atoms with E-state index < -0.39 is 60.4 Å². The van der Waals surface area contributed by atoms with Crippen LogP contribution in [-0.2, 0) is 22.3 Å². The van der Waals surface area contributed by atoms with Gasteiger partial charge in [0.15, 0.2) is 5.82 Å². The van der Waals surface area contributed by atoms with Gasteiger partial charge >= 0.3 is 24.1 Å². The third-order valence-corrected chi connectivity index (χ3v) is 5.29. The van der Waals surface area contributed by atoms with Gasteiger partial charge in [-0.25, -0.2) is 18.8 Å². The number of benzene rings is 2. The van der Waals surface area contributed by atoms with Crippen LogP contribution >= 0.6 is 11.6 Å². The maximum atomic E-state index is 13.4. The average Bonchev–Trinajstić information content (AvgIpc) is 3.14. The first-order chi connectivity index (χ1) is 18.2. The minimum absolute atomic E-state index is 0.196. The zero-order valence-corrected chi connectivity index (χ0v) is 20.2. The number of hydrogen-bond donors (Lipinski definition) is 2. The van der Waals surface area contributed by atoms with Crippen molar-refractivity contribution in [2.24, 2.45) is 5.73 Å². The fourth-order valence-electron chi connectivity index (χ4n) is 3.40. The zero-order valence-electron chi connectivity index (χ0n) is 19.5. The first-order valence-electron chi connectivity index (χ1n) is 10.8. The van der Waals surface area contributed by atoms with E-state index in [0.29, 0.717) is 20.5 Å². The number of amides is 2. The van der Waals surface area contributed by atoms with Crippen LogP contribution in [0.4, 0.5) is 31.1 Å². The highest BCUT2D eigenvalue weighted by Crippen LogP contribution is 2.35. The molecule has 0 aliphatic rings. The third-order valence-electron chi connectivity index (χ3n) is 5.04. The van der Waals surface area contributed by atoms with Gasteiger partial charge in [0.05, 0.1) is 12.1 Å². The van der Waals surface area contributed by atoms with Gasteiger partial charge in [0, 0.05) is 28.4 Å². The fraction of sp³-hybridized carbons (Fsp3) is 0.217. The van der Waals surface area contributed by atoms with E-state index in [9.17, 15) is 40.7 Å². The number of carbonyl (C=O) groups is 2. The Morgan fingerprint density at radius 2 is 1.72 bits per heavy atom. The molecule has 3 aromatic rings. The van der Waals surface area contributed by atoms with Crippen molar-refractivity contribution < 1.29 is 40.7 Å². The van der Waals surface area contributed by atoms with E-state index in [0.717, 1.165) is 18.2 Å². The van der Waals surface area contributed by atoms with Crippen LogP contribution in [0.5, 0.6) is 0 Å². The quantitative estimate of drug-likeness (QED) is 0.385. The van der Waals surface area contributed by atoms with Gasteiger partial charge < -0.3 is 15.8 Å². The van der Waals surface area contributed by atoms with Gasteiger partial charge in [-0.05, 0) is 30.3 Å². The van der Waals surface area contributed by atoms with Crippen molar-refractivity contribution in [1.29, 1.82) is 0 Å². The van der Waals surface area contributed by atoms with E-state index in [1.165, 1.54) is 30.3 Å². The van der Waals surface area contributed by atoms with E-state index in [-0.39, 0.29) is 17.5 Å². The fourth-order valence-corrected chi connectivity index (χ4v) is 3.53.